The molecule has 1 fully saturated rings. The molecule has 1 saturated heterocycles. The van der Waals surface area contributed by atoms with Crippen LogP contribution in [0.5, 0.6) is 0 Å². The molecule has 1 aliphatic rings. The fourth-order valence-electron chi connectivity index (χ4n) is 3.64. The lowest BCUT2D eigenvalue weighted by Crippen LogP contribution is -2.48. The van der Waals surface area contributed by atoms with E-state index in [-0.39, 0.29) is 24.5 Å². The highest BCUT2D eigenvalue weighted by molar-refractivity contribution is 5.94. The Morgan fingerprint density at radius 3 is 2.10 bits per heavy atom. The van der Waals surface area contributed by atoms with Crippen LogP contribution in [-0.4, -0.2) is 31.6 Å². The number of para-hydroxylation sites is 2. The number of nitrogens with zero attached hydrogens (tertiary/aromatic N) is 1. The van der Waals surface area contributed by atoms with Gasteiger partial charge in [0.15, 0.2) is 0 Å². The highest BCUT2D eigenvalue weighted by Crippen LogP contribution is 2.27. The number of anilines is 2. The molecule has 1 aliphatic heterocycles. The van der Waals surface area contributed by atoms with Crippen molar-refractivity contribution >= 4 is 23.3 Å². The molecule has 0 spiro atoms. The molecule has 3 aromatic carbocycles. The van der Waals surface area contributed by atoms with Crippen LogP contribution in [0.2, 0.25) is 0 Å². The van der Waals surface area contributed by atoms with E-state index in [2.05, 4.69) is 16.0 Å². The normalized spacial score (nSPS) is 13.6. The third kappa shape index (κ3) is 4.60. The van der Waals surface area contributed by atoms with Crippen molar-refractivity contribution in [2.75, 3.05) is 29.9 Å². The van der Waals surface area contributed by atoms with E-state index in [0.29, 0.717) is 18.8 Å². The maximum absolute atomic E-state index is 12.9. The number of hydrogen-bond acceptors (Lipinski definition) is 3. The van der Waals surface area contributed by atoms with Gasteiger partial charge in [0.2, 0.25) is 5.91 Å². The third-order valence-corrected chi connectivity index (χ3v) is 5.07. The number of hydrogen-bond donors (Lipinski definition) is 3. The highest BCUT2D eigenvalue weighted by atomic mass is 16.2. The van der Waals surface area contributed by atoms with Gasteiger partial charge in [-0.15, -0.1) is 0 Å². The smallest absolute Gasteiger partial charge is 0.320 e. The average molecular weight is 400 g/mol. The van der Waals surface area contributed by atoms with E-state index in [9.17, 15) is 9.59 Å². The van der Waals surface area contributed by atoms with Crippen LogP contribution in [0.25, 0.3) is 0 Å². The van der Waals surface area contributed by atoms with Crippen molar-refractivity contribution in [2.45, 2.75) is 6.04 Å². The summed E-state index contributed by atoms with van der Waals surface area (Å²) in [6.07, 6.45) is 0. The highest BCUT2D eigenvalue weighted by Gasteiger charge is 2.21. The SMILES string of the molecule is O=C1CN(c2ccccc2NC(=O)NC(c2ccccc2)c2ccccc2)CCN1. The maximum atomic E-state index is 12.9. The van der Waals surface area contributed by atoms with Gasteiger partial charge in [0, 0.05) is 13.1 Å². The van der Waals surface area contributed by atoms with Crippen LogP contribution in [-0.2, 0) is 4.79 Å². The van der Waals surface area contributed by atoms with Gasteiger partial charge in [-0.1, -0.05) is 72.8 Å². The van der Waals surface area contributed by atoms with Gasteiger partial charge in [-0.3, -0.25) is 4.79 Å². The predicted molar refractivity (Wildman–Crippen MR) is 119 cm³/mol. The van der Waals surface area contributed by atoms with E-state index in [4.69, 9.17) is 0 Å². The molecule has 1 heterocycles. The van der Waals surface area contributed by atoms with Crippen molar-refractivity contribution in [1.29, 1.82) is 0 Å². The topological polar surface area (TPSA) is 73.5 Å². The average Bonchev–Trinajstić information content (AvgIpc) is 2.79. The summed E-state index contributed by atoms with van der Waals surface area (Å²) in [5.74, 6) is -0.0197. The minimum Gasteiger partial charge on any atom is -0.359 e. The molecule has 6 nitrogen and oxygen atoms in total. The molecule has 0 bridgehead atoms. The monoisotopic (exact) mass is 400 g/mol. The Morgan fingerprint density at radius 1 is 0.867 bits per heavy atom. The molecule has 0 aromatic heterocycles. The van der Waals surface area contributed by atoms with Crippen molar-refractivity contribution in [3.05, 3.63) is 96.1 Å². The number of rotatable bonds is 5. The summed E-state index contributed by atoms with van der Waals surface area (Å²) >= 11 is 0. The minimum atomic E-state index is -0.304. The number of piperazine rings is 1. The molecule has 3 N–H and O–H groups in total. The summed E-state index contributed by atoms with van der Waals surface area (Å²) < 4.78 is 0. The molecule has 3 amide bonds. The second kappa shape index (κ2) is 9.13. The Morgan fingerprint density at radius 2 is 1.47 bits per heavy atom. The van der Waals surface area contributed by atoms with E-state index >= 15 is 0 Å². The van der Waals surface area contributed by atoms with Crippen molar-refractivity contribution in [1.82, 2.24) is 10.6 Å². The minimum absolute atomic E-state index is 0.0197. The van der Waals surface area contributed by atoms with Crippen LogP contribution in [0.15, 0.2) is 84.9 Å². The molecule has 4 rings (SSSR count). The van der Waals surface area contributed by atoms with Crippen LogP contribution in [0.4, 0.5) is 16.2 Å². The second-order valence-electron chi connectivity index (χ2n) is 7.14. The summed E-state index contributed by atoms with van der Waals surface area (Å²) in [6, 6.07) is 26.7. The van der Waals surface area contributed by atoms with Crippen LogP contribution in [0, 0.1) is 0 Å². The van der Waals surface area contributed by atoms with Crippen molar-refractivity contribution < 1.29 is 9.59 Å². The molecular formula is C24H24N4O2. The summed E-state index contributed by atoms with van der Waals surface area (Å²) in [7, 11) is 0. The second-order valence-corrected chi connectivity index (χ2v) is 7.14. The first kappa shape index (κ1) is 19.5. The van der Waals surface area contributed by atoms with Crippen LogP contribution in [0.3, 0.4) is 0 Å². The maximum Gasteiger partial charge on any atom is 0.320 e. The van der Waals surface area contributed by atoms with Gasteiger partial charge >= 0.3 is 6.03 Å². The Kier molecular flexibility index (Phi) is 5.94. The zero-order valence-electron chi connectivity index (χ0n) is 16.5. The first-order chi connectivity index (χ1) is 14.7. The lowest BCUT2D eigenvalue weighted by molar-refractivity contribution is -0.120. The first-order valence-corrected chi connectivity index (χ1v) is 9.99. The Labute approximate surface area is 175 Å². The first-order valence-electron chi connectivity index (χ1n) is 9.99. The van der Waals surface area contributed by atoms with E-state index in [1.54, 1.807) is 0 Å². The molecule has 0 aliphatic carbocycles. The number of nitrogens with one attached hydrogen (secondary N) is 3. The fourth-order valence-corrected chi connectivity index (χ4v) is 3.64. The van der Waals surface area contributed by atoms with E-state index in [1.807, 2.05) is 89.8 Å². The van der Waals surface area contributed by atoms with Crippen LogP contribution < -0.4 is 20.9 Å². The number of urea groups is 1. The summed E-state index contributed by atoms with van der Waals surface area (Å²) in [5, 5.41) is 8.88. The third-order valence-electron chi connectivity index (χ3n) is 5.07. The molecule has 30 heavy (non-hydrogen) atoms. The Balaban J connectivity index is 1.54. The number of carbonyl (C=O) groups excluding carboxylic acids is 2. The van der Waals surface area contributed by atoms with Crippen molar-refractivity contribution in [2.24, 2.45) is 0 Å². The van der Waals surface area contributed by atoms with E-state index in [1.165, 1.54) is 0 Å². The fraction of sp³-hybridized carbons (Fsp3) is 0.167. The summed E-state index contributed by atoms with van der Waals surface area (Å²) in [4.78, 5) is 26.7. The van der Waals surface area contributed by atoms with Crippen molar-refractivity contribution in [3.63, 3.8) is 0 Å². The van der Waals surface area contributed by atoms with Crippen LogP contribution in [0.1, 0.15) is 17.2 Å². The molecule has 152 valence electrons. The van der Waals surface area contributed by atoms with E-state index in [0.717, 1.165) is 16.8 Å². The molecular weight excluding hydrogens is 376 g/mol. The molecule has 0 saturated carbocycles. The molecule has 0 radical (unpaired) electrons. The van der Waals surface area contributed by atoms with Gasteiger partial charge in [-0.25, -0.2) is 4.79 Å². The number of carbonyl (C=O) groups is 2. The molecule has 0 unspecified atom stereocenters. The van der Waals surface area contributed by atoms with Gasteiger partial charge < -0.3 is 20.9 Å². The standard InChI is InChI=1S/C24H24N4O2/c29-22-17-28(16-15-25-22)21-14-8-7-13-20(21)26-24(30)27-23(18-9-3-1-4-10-18)19-11-5-2-6-12-19/h1-14,23H,15-17H2,(H,25,29)(H2,26,27,30). The van der Waals surface area contributed by atoms with E-state index < -0.39 is 0 Å². The molecule has 3 aromatic rings. The Hall–Kier alpha value is -3.80. The molecule has 0 atom stereocenters. The predicted octanol–water partition coefficient (Wildman–Crippen LogP) is 3.53. The summed E-state index contributed by atoms with van der Waals surface area (Å²) in [6.45, 7) is 1.56. The quantitative estimate of drug-likeness (QED) is 0.613. The van der Waals surface area contributed by atoms with Gasteiger partial charge in [0.1, 0.15) is 0 Å². The summed E-state index contributed by atoms with van der Waals surface area (Å²) in [5.41, 5.74) is 3.50. The zero-order valence-corrected chi connectivity index (χ0v) is 16.5. The largest absolute Gasteiger partial charge is 0.359 e. The van der Waals surface area contributed by atoms with Gasteiger partial charge in [-0.2, -0.15) is 0 Å². The number of benzene rings is 3. The number of amides is 3. The Bertz CT molecular complexity index is 968. The van der Waals surface area contributed by atoms with Crippen LogP contribution >= 0.6 is 0 Å². The van der Waals surface area contributed by atoms with Gasteiger partial charge in [0.05, 0.1) is 24.0 Å². The van der Waals surface area contributed by atoms with Gasteiger partial charge in [0.25, 0.3) is 0 Å². The molecule has 6 heteroatoms. The van der Waals surface area contributed by atoms with Crippen molar-refractivity contribution in [3.8, 4) is 0 Å². The van der Waals surface area contributed by atoms with Gasteiger partial charge in [-0.05, 0) is 23.3 Å². The lowest BCUT2D eigenvalue weighted by atomic mass is 9.99. The zero-order chi connectivity index (χ0) is 20.8. The lowest BCUT2D eigenvalue weighted by Gasteiger charge is -2.30.